The third-order valence-corrected chi connectivity index (χ3v) is 5.50. The molecule has 4 rings (SSSR count). The van der Waals surface area contributed by atoms with Crippen LogP contribution in [0.2, 0.25) is 0 Å². The fourth-order valence-electron chi connectivity index (χ4n) is 4.03. The number of esters is 1. The smallest absolute Gasteiger partial charge is 0.336 e. The van der Waals surface area contributed by atoms with Gasteiger partial charge in [-0.2, -0.15) is 0 Å². The van der Waals surface area contributed by atoms with Crippen LogP contribution < -0.4 is 19.1 Å². The predicted octanol–water partition coefficient (Wildman–Crippen LogP) is 3.35. The van der Waals surface area contributed by atoms with Crippen molar-refractivity contribution in [3.8, 4) is 17.2 Å². The quantitative estimate of drug-likeness (QED) is 0.705. The van der Waals surface area contributed by atoms with Crippen LogP contribution in [0.15, 0.2) is 47.7 Å². The second-order valence-corrected chi connectivity index (χ2v) is 7.22. The average molecular weight is 409 g/mol. The minimum atomic E-state index is -0.460. The molecule has 0 unspecified atom stereocenters. The van der Waals surface area contributed by atoms with Crippen molar-refractivity contribution in [1.82, 2.24) is 0 Å². The van der Waals surface area contributed by atoms with Crippen molar-refractivity contribution >= 4 is 17.6 Å². The fourth-order valence-corrected chi connectivity index (χ4v) is 4.03. The summed E-state index contributed by atoms with van der Waals surface area (Å²) in [4.78, 5) is 27.4. The zero-order valence-electron chi connectivity index (χ0n) is 17.4. The van der Waals surface area contributed by atoms with Crippen molar-refractivity contribution in [3.63, 3.8) is 0 Å². The molecule has 0 aromatic heterocycles. The van der Waals surface area contributed by atoms with E-state index in [-0.39, 0.29) is 18.9 Å². The number of cyclic esters (lactones) is 1. The molecule has 156 valence electrons. The molecule has 2 heterocycles. The summed E-state index contributed by atoms with van der Waals surface area (Å²) in [5.41, 5.74) is 3.61. The van der Waals surface area contributed by atoms with Crippen LogP contribution in [-0.2, 0) is 14.3 Å². The van der Waals surface area contributed by atoms with Gasteiger partial charge in [-0.3, -0.25) is 9.69 Å². The summed E-state index contributed by atoms with van der Waals surface area (Å²) in [6.45, 7) is 2.05. The van der Waals surface area contributed by atoms with Crippen LogP contribution in [0.1, 0.15) is 23.5 Å². The number of hydrogen-bond donors (Lipinski definition) is 0. The number of nitrogens with zero attached hydrogens (tertiary/aromatic N) is 1. The summed E-state index contributed by atoms with van der Waals surface area (Å²) in [6, 6.07) is 11.2. The van der Waals surface area contributed by atoms with Gasteiger partial charge in [-0.25, -0.2) is 4.79 Å². The van der Waals surface area contributed by atoms with Crippen LogP contribution in [0, 0.1) is 6.92 Å². The van der Waals surface area contributed by atoms with E-state index in [0.29, 0.717) is 28.5 Å². The summed E-state index contributed by atoms with van der Waals surface area (Å²) < 4.78 is 21.6. The van der Waals surface area contributed by atoms with Gasteiger partial charge in [0.1, 0.15) is 6.61 Å². The van der Waals surface area contributed by atoms with E-state index in [4.69, 9.17) is 18.9 Å². The molecule has 7 heteroatoms. The number of ether oxygens (including phenoxy) is 4. The molecule has 2 aromatic carbocycles. The van der Waals surface area contributed by atoms with Gasteiger partial charge in [0, 0.05) is 18.0 Å². The van der Waals surface area contributed by atoms with Gasteiger partial charge < -0.3 is 18.9 Å². The van der Waals surface area contributed by atoms with Crippen LogP contribution in [0.4, 0.5) is 5.69 Å². The van der Waals surface area contributed by atoms with Crippen LogP contribution in [0.25, 0.3) is 0 Å². The van der Waals surface area contributed by atoms with Crippen molar-refractivity contribution < 1.29 is 28.5 Å². The molecular weight excluding hydrogens is 386 g/mol. The Kier molecular flexibility index (Phi) is 5.11. The van der Waals surface area contributed by atoms with Gasteiger partial charge in [0.05, 0.1) is 32.6 Å². The highest BCUT2D eigenvalue weighted by Gasteiger charge is 2.43. The Bertz CT molecular complexity index is 1020. The Morgan fingerprint density at radius 3 is 2.17 bits per heavy atom. The monoisotopic (exact) mass is 409 g/mol. The number of anilines is 1. The molecule has 0 saturated carbocycles. The van der Waals surface area contributed by atoms with E-state index in [1.165, 1.54) is 21.3 Å². The molecule has 0 spiro atoms. The topological polar surface area (TPSA) is 74.3 Å². The van der Waals surface area contributed by atoms with Crippen molar-refractivity contribution in [2.24, 2.45) is 0 Å². The van der Waals surface area contributed by atoms with Gasteiger partial charge >= 0.3 is 5.97 Å². The average Bonchev–Trinajstić information content (AvgIpc) is 3.14. The molecule has 2 aliphatic heterocycles. The highest BCUT2D eigenvalue weighted by atomic mass is 16.5. The Labute approximate surface area is 174 Å². The second kappa shape index (κ2) is 7.74. The van der Waals surface area contributed by atoms with Crippen molar-refractivity contribution in [2.75, 3.05) is 32.8 Å². The Morgan fingerprint density at radius 2 is 1.60 bits per heavy atom. The summed E-state index contributed by atoms with van der Waals surface area (Å²) in [5.74, 6) is 0.416. The predicted molar refractivity (Wildman–Crippen MR) is 110 cm³/mol. The van der Waals surface area contributed by atoms with E-state index in [2.05, 4.69) is 0 Å². The molecule has 0 bridgehead atoms. The first kappa shape index (κ1) is 19.8. The molecule has 0 saturated heterocycles. The molecule has 2 aliphatic rings. The van der Waals surface area contributed by atoms with Gasteiger partial charge in [0.15, 0.2) is 11.5 Å². The molecule has 0 radical (unpaired) electrons. The maximum atomic E-state index is 13.2. The largest absolute Gasteiger partial charge is 0.493 e. The third-order valence-electron chi connectivity index (χ3n) is 5.50. The zero-order chi connectivity index (χ0) is 21.4. The van der Waals surface area contributed by atoms with E-state index >= 15 is 0 Å². The van der Waals surface area contributed by atoms with Crippen molar-refractivity contribution in [1.29, 1.82) is 0 Å². The SMILES string of the molecule is COc1cc([C@H]2CC(=O)N(c3ccc(C)cc3)C3=C2C(=O)OC3)cc(OC)c1OC. The van der Waals surface area contributed by atoms with Gasteiger partial charge in [0.25, 0.3) is 0 Å². The summed E-state index contributed by atoms with van der Waals surface area (Å²) in [5, 5.41) is 0. The molecule has 30 heavy (non-hydrogen) atoms. The minimum absolute atomic E-state index is 0.0642. The van der Waals surface area contributed by atoms with Gasteiger partial charge in [-0.05, 0) is 36.8 Å². The van der Waals surface area contributed by atoms with E-state index in [1.807, 2.05) is 31.2 Å². The first-order valence-electron chi connectivity index (χ1n) is 9.58. The second-order valence-electron chi connectivity index (χ2n) is 7.22. The third kappa shape index (κ3) is 3.16. The van der Waals surface area contributed by atoms with Crippen LogP contribution >= 0.6 is 0 Å². The van der Waals surface area contributed by atoms with Crippen LogP contribution in [-0.4, -0.2) is 39.8 Å². The summed E-state index contributed by atoms with van der Waals surface area (Å²) in [7, 11) is 4.58. The maximum absolute atomic E-state index is 13.2. The maximum Gasteiger partial charge on any atom is 0.336 e. The number of amides is 1. The first-order chi connectivity index (χ1) is 14.5. The molecule has 1 amide bonds. The van der Waals surface area contributed by atoms with Gasteiger partial charge in [-0.1, -0.05) is 17.7 Å². The number of aryl methyl sites for hydroxylation is 1. The Hall–Kier alpha value is -3.48. The Balaban J connectivity index is 1.84. The number of carbonyl (C=O) groups excluding carboxylic acids is 2. The number of rotatable bonds is 5. The molecular formula is C23H23NO6. The molecule has 0 aliphatic carbocycles. The van der Waals surface area contributed by atoms with E-state index in [9.17, 15) is 9.59 Å². The number of benzene rings is 2. The lowest BCUT2D eigenvalue weighted by Crippen LogP contribution is -2.37. The molecule has 7 nitrogen and oxygen atoms in total. The highest BCUT2D eigenvalue weighted by Crippen LogP contribution is 2.46. The molecule has 1 atom stereocenters. The number of hydrogen-bond acceptors (Lipinski definition) is 6. The Morgan fingerprint density at radius 1 is 0.967 bits per heavy atom. The zero-order valence-corrected chi connectivity index (χ0v) is 17.4. The number of carbonyl (C=O) groups is 2. The lowest BCUT2D eigenvalue weighted by molar-refractivity contribution is -0.136. The van der Waals surface area contributed by atoms with Crippen molar-refractivity contribution in [2.45, 2.75) is 19.3 Å². The summed E-state index contributed by atoms with van der Waals surface area (Å²) >= 11 is 0. The van der Waals surface area contributed by atoms with E-state index in [0.717, 1.165) is 16.8 Å². The molecule has 2 aromatic rings. The number of methoxy groups -OCH3 is 3. The van der Waals surface area contributed by atoms with Crippen molar-refractivity contribution in [3.05, 3.63) is 58.8 Å². The normalized spacial score (nSPS) is 18.3. The lowest BCUT2D eigenvalue weighted by atomic mass is 9.83. The van der Waals surface area contributed by atoms with Crippen LogP contribution in [0.5, 0.6) is 17.2 Å². The van der Waals surface area contributed by atoms with E-state index < -0.39 is 11.9 Å². The fraction of sp³-hybridized carbons (Fsp3) is 0.304. The molecule has 0 fully saturated rings. The summed E-state index contributed by atoms with van der Waals surface area (Å²) in [6.07, 6.45) is 0.125. The standard InChI is InChI=1S/C23H23NO6/c1-13-5-7-15(8-6-13)24-17-12-30-23(26)21(17)16(11-20(24)25)14-9-18(27-2)22(29-4)19(10-14)28-3/h5-10,16H,11-12H2,1-4H3/t16-/m1/s1. The minimum Gasteiger partial charge on any atom is -0.493 e. The lowest BCUT2D eigenvalue weighted by Gasteiger charge is -2.32. The van der Waals surface area contributed by atoms with Crippen LogP contribution in [0.3, 0.4) is 0 Å². The van der Waals surface area contributed by atoms with Gasteiger partial charge in [0.2, 0.25) is 11.7 Å². The highest BCUT2D eigenvalue weighted by molar-refractivity contribution is 6.06. The first-order valence-corrected chi connectivity index (χ1v) is 9.58. The van der Waals surface area contributed by atoms with E-state index in [1.54, 1.807) is 17.0 Å². The van der Waals surface area contributed by atoms with Gasteiger partial charge in [-0.15, -0.1) is 0 Å². The molecule has 0 N–H and O–H groups in total.